The molecule has 6 nitrogen and oxygen atoms in total. The second-order valence-electron chi connectivity index (χ2n) is 29.8. The van der Waals surface area contributed by atoms with Crippen molar-refractivity contribution >= 4 is 173 Å². The van der Waals surface area contributed by atoms with Crippen molar-refractivity contribution in [3.8, 4) is 78.3 Å². The minimum atomic E-state index is 0.849. The molecule has 24 rings (SSSR count). The van der Waals surface area contributed by atoms with Gasteiger partial charge in [-0.05, 0) is 216 Å². The van der Waals surface area contributed by atoms with E-state index in [1.165, 1.54) is 64.8 Å². The molecule has 0 radical (unpaired) electrons. The third-order valence-corrected chi connectivity index (χ3v) is 23.8. The summed E-state index contributed by atoms with van der Waals surface area (Å²) in [6.45, 7) is 0. The molecular weight excluding hydrogens is 1360 g/mol. The minimum Gasteiger partial charge on any atom is -0.254 e. The van der Waals surface area contributed by atoms with E-state index in [9.17, 15) is 0 Å². The van der Waals surface area contributed by atoms with Crippen LogP contribution in [0.4, 0.5) is 0 Å². The van der Waals surface area contributed by atoms with Gasteiger partial charge in [-0.2, -0.15) is 0 Å². The molecule has 0 bridgehead atoms. The lowest BCUT2D eigenvalue weighted by Gasteiger charge is -2.20. The lowest BCUT2D eigenvalue weighted by molar-refractivity contribution is 1.37. The molecule has 0 amide bonds. The zero-order chi connectivity index (χ0) is 73.2. The van der Waals surface area contributed by atoms with Gasteiger partial charge in [0.15, 0.2) is 0 Å². The van der Waals surface area contributed by atoms with Crippen molar-refractivity contribution in [1.29, 1.82) is 0 Å². The highest BCUT2D eigenvalue weighted by molar-refractivity contribution is 6.36. The summed E-state index contributed by atoms with van der Waals surface area (Å²) in [4.78, 5) is 31.8. The Labute approximate surface area is 641 Å². The first kappa shape index (κ1) is 62.1. The first-order valence-corrected chi connectivity index (χ1v) is 38.3. The van der Waals surface area contributed by atoms with Crippen molar-refractivity contribution in [3.63, 3.8) is 0 Å². The average Bonchev–Trinajstić information content (AvgIpc) is 0.722. The van der Waals surface area contributed by atoms with Gasteiger partial charge < -0.3 is 0 Å². The highest BCUT2D eigenvalue weighted by atomic mass is 14.8. The Balaban J connectivity index is 0.647. The molecule has 0 aliphatic rings. The van der Waals surface area contributed by atoms with Gasteiger partial charge in [0.1, 0.15) is 0 Å². The predicted molar refractivity (Wildman–Crippen MR) is 471 cm³/mol. The van der Waals surface area contributed by atoms with Crippen molar-refractivity contribution in [2.24, 2.45) is 0 Å². The molecule has 0 saturated heterocycles. The van der Waals surface area contributed by atoms with Gasteiger partial charge in [0.25, 0.3) is 0 Å². The molecule has 0 unspecified atom stereocenters. The van der Waals surface area contributed by atoms with E-state index >= 15 is 0 Å². The maximum Gasteiger partial charge on any atom is 0.0978 e. The number of hydrogen-bond donors (Lipinski definition) is 0. The van der Waals surface area contributed by atoms with Gasteiger partial charge in [-0.25, -0.2) is 15.0 Å². The highest BCUT2D eigenvalue weighted by Crippen LogP contribution is 2.51. The summed E-state index contributed by atoms with van der Waals surface area (Å²) in [5.41, 5.74) is 20.5. The molecule has 0 fully saturated rings. The molecule has 18 aromatic carbocycles. The number of pyridine rings is 6. The summed E-state index contributed by atoms with van der Waals surface area (Å²) in [6.07, 6.45) is 5.60. The maximum absolute atomic E-state index is 5.80. The first-order chi connectivity index (χ1) is 55.5. The quantitative estimate of drug-likeness (QED) is 0.117. The summed E-state index contributed by atoms with van der Waals surface area (Å²) < 4.78 is 0. The normalized spacial score (nSPS) is 12.1. The van der Waals surface area contributed by atoms with Gasteiger partial charge in [-0.15, -0.1) is 0 Å². The van der Waals surface area contributed by atoms with Crippen LogP contribution in [0.15, 0.2) is 364 Å². The van der Waals surface area contributed by atoms with E-state index < -0.39 is 0 Å². The summed E-state index contributed by atoms with van der Waals surface area (Å²) in [7, 11) is 0. The van der Waals surface area contributed by atoms with Crippen LogP contribution < -0.4 is 0 Å². The molecule has 6 heterocycles. The van der Waals surface area contributed by atoms with Crippen molar-refractivity contribution < 1.29 is 0 Å². The fourth-order valence-electron chi connectivity index (χ4n) is 18.9. The van der Waals surface area contributed by atoms with Crippen LogP contribution in [0.3, 0.4) is 0 Å². The molecule has 0 aliphatic carbocycles. The van der Waals surface area contributed by atoms with Crippen molar-refractivity contribution in [2.75, 3.05) is 0 Å². The van der Waals surface area contributed by atoms with Crippen LogP contribution in [-0.4, -0.2) is 29.9 Å². The number of aromatic nitrogens is 6. The fraction of sp³-hybridized carbons (Fsp3) is 0. The van der Waals surface area contributed by atoms with E-state index in [1.54, 1.807) is 0 Å². The number of nitrogens with zero attached hydrogens (tertiary/aromatic N) is 6. The monoisotopic (exact) mass is 1420 g/mol. The fourth-order valence-corrected chi connectivity index (χ4v) is 18.9. The van der Waals surface area contributed by atoms with Gasteiger partial charge in [-0.3, -0.25) is 15.0 Å². The summed E-state index contributed by atoms with van der Waals surface area (Å²) >= 11 is 0. The molecule has 6 aromatic heterocycles. The van der Waals surface area contributed by atoms with Crippen LogP contribution in [0.25, 0.3) is 251 Å². The van der Waals surface area contributed by atoms with Crippen LogP contribution in [0.1, 0.15) is 0 Å². The lowest BCUT2D eigenvalue weighted by atomic mass is 9.84. The summed E-state index contributed by atoms with van der Waals surface area (Å²) in [5, 5.41) is 30.1. The van der Waals surface area contributed by atoms with Crippen LogP contribution in [0.2, 0.25) is 0 Å². The number of para-hydroxylation sites is 2. The first-order valence-electron chi connectivity index (χ1n) is 38.3. The maximum atomic E-state index is 5.80. The Kier molecular flexibility index (Phi) is 13.5. The predicted octanol–water partition coefficient (Wildman–Crippen LogP) is 28.2. The van der Waals surface area contributed by atoms with Crippen LogP contribution >= 0.6 is 0 Å². The minimum absolute atomic E-state index is 0.849. The van der Waals surface area contributed by atoms with E-state index in [4.69, 9.17) is 29.9 Å². The third kappa shape index (κ3) is 9.33. The van der Waals surface area contributed by atoms with E-state index in [0.717, 1.165) is 187 Å². The Morgan fingerprint density at radius 2 is 0.589 bits per heavy atom. The smallest absolute Gasteiger partial charge is 0.0978 e. The Morgan fingerprint density at radius 1 is 0.170 bits per heavy atom. The molecule has 514 valence electrons. The Bertz CT molecular complexity index is 8230. The number of hydrogen-bond acceptors (Lipinski definition) is 6. The molecule has 6 heteroatoms. The second kappa shape index (κ2) is 24.3. The Morgan fingerprint density at radius 3 is 1.23 bits per heavy atom. The van der Waals surface area contributed by atoms with E-state index in [1.807, 2.05) is 36.8 Å². The highest BCUT2D eigenvalue weighted by Gasteiger charge is 2.25. The van der Waals surface area contributed by atoms with Crippen molar-refractivity contribution in [3.05, 3.63) is 364 Å². The SMILES string of the molecule is c1cc(-c2ccc3ccc4cc(-c5cc6cccnc6c6ncccc56)ccc4c3c2)cc(-c2nc3ccccc3c3c4cc(-c5ccc6c(-c7c8ccccc8c(-c8cccc(-c9nc%10ccccc%10c%10c%11ccccc%11c%11ccccc%11c9%10)c8)c8ccccc78)cc7cccnc7c6n5)ccc4c4ccccc4c23)c1. The number of fused-ring (bicyclic) bond motifs is 27. The number of benzene rings is 18. The Hall–Kier alpha value is -15.0. The molecule has 0 spiro atoms. The topological polar surface area (TPSA) is 77.3 Å². The van der Waals surface area contributed by atoms with Gasteiger partial charge in [-0.1, -0.05) is 261 Å². The molecule has 112 heavy (non-hydrogen) atoms. The third-order valence-electron chi connectivity index (χ3n) is 23.8. The lowest BCUT2D eigenvalue weighted by Crippen LogP contribution is -1.96. The zero-order valence-electron chi connectivity index (χ0n) is 60.3. The van der Waals surface area contributed by atoms with Gasteiger partial charge in [0.05, 0.1) is 50.2 Å². The molecule has 0 atom stereocenters. The summed E-state index contributed by atoms with van der Waals surface area (Å²) in [6, 6.07) is 127. The van der Waals surface area contributed by atoms with Gasteiger partial charge in [0.2, 0.25) is 0 Å². The standard InChI is InChI=1S/C106H60N6/c1-4-29-77-73(26-1)74-27-2-5-30-78(74)99-97(77)86-36-11-13-39-93(86)111-102(99)69-23-16-21-67(56-69)95-80-32-7-9-34-82(80)96(83-35-10-8-33-81(83)95)91-60-71-25-18-52-108-104(71)106-85(91)49-50-92(110-106)66-46-48-76-75-28-3-6-31-79(75)100-98(90(76)58-66)87-37-12-14-40-94(87)112-101(100)68-22-15-20-62(54-68)63-43-41-61-42-44-64-55-65(45-47-72(64)88(61)57-63)89-59-70-24-17-51-107-103(70)105-84(89)38-19-53-109-105/h1-60H. The van der Waals surface area contributed by atoms with E-state index in [-0.39, 0.29) is 0 Å². The van der Waals surface area contributed by atoms with Crippen LogP contribution in [0, 0.1) is 0 Å². The number of rotatable bonds is 7. The van der Waals surface area contributed by atoms with E-state index in [0.29, 0.717) is 0 Å². The molecule has 0 N–H and O–H groups in total. The molecule has 0 saturated carbocycles. The van der Waals surface area contributed by atoms with Crippen molar-refractivity contribution in [2.45, 2.75) is 0 Å². The molecule has 0 aliphatic heterocycles. The summed E-state index contributed by atoms with van der Waals surface area (Å²) in [5.74, 6) is 0. The van der Waals surface area contributed by atoms with Gasteiger partial charge in [0, 0.05) is 89.1 Å². The average molecular weight is 1420 g/mol. The molecule has 24 aromatic rings. The largest absolute Gasteiger partial charge is 0.254 e. The zero-order valence-corrected chi connectivity index (χ0v) is 60.3. The second-order valence-corrected chi connectivity index (χ2v) is 29.8. The van der Waals surface area contributed by atoms with Crippen LogP contribution in [-0.2, 0) is 0 Å². The van der Waals surface area contributed by atoms with Crippen molar-refractivity contribution in [1.82, 2.24) is 29.9 Å². The van der Waals surface area contributed by atoms with E-state index in [2.05, 4.69) is 328 Å². The van der Waals surface area contributed by atoms with Crippen LogP contribution in [0.5, 0.6) is 0 Å². The molecular formula is C106H60N6. The van der Waals surface area contributed by atoms with Gasteiger partial charge >= 0.3 is 0 Å².